The highest BCUT2D eigenvalue weighted by Gasteiger charge is 2.21. The fourth-order valence-electron chi connectivity index (χ4n) is 2.82. The van der Waals surface area contributed by atoms with Crippen molar-refractivity contribution in [2.24, 2.45) is 0 Å². The standard InChI is InChI=1S/C22H23N3O4S/c1-25(30(27,28)21-9-7-20(29-2)8-10-21)16-18-3-5-19(6-4-18)22(26)24-15-17-11-13-23-14-12-17/h3-14H,15-16H2,1-2H3,(H,24,26). The molecule has 0 aliphatic rings. The largest absolute Gasteiger partial charge is 0.497 e. The van der Waals surface area contributed by atoms with E-state index in [-0.39, 0.29) is 17.3 Å². The van der Waals surface area contributed by atoms with Crippen molar-refractivity contribution in [2.75, 3.05) is 14.2 Å². The molecule has 0 aliphatic heterocycles. The van der Waals surface area contributed by atoms with Crippen LogP contribution >= 0.6 is 0 Å². The van der Waals surface area contributed by atoms with Crippen LogP contribution in [0, 0.1) is 0 Å². The third kappa shape index (κ3) is 5.22. The maximum Gasteiger partial charge on any atom is 0.251 e. The summed E-state index contributed by atoms with van der Waals surface area (Å²) in [6.07, 6.45) is 3.35. The molecular formula is C22H23N3O4S. The van der Waals surface area contributed by atoms with Crippen molar-refractivity contribution in [1.29, 1.82) is 0 Å². The van der Waals surface area contributed by atoms with Crippen molar-refractivity contribution < 1.29 is 17.9 Å². The van der Waals surface area contributed by atoms with Crippen molar-refractivity contribution in [3.63, 3.8) is 0 Å². The number of amides is 1. The lowest BCUT2D eigenvalue weighted by atomic mass is 10.1. The first-order chi connectivity index (χ1) is 14.4. The van der Waals surface area contributed by atoms with Crippen molar-refractivity contribution in [3.05, 3.63) is 89.7 Å². The second-order valence-corrected chi connectivity index (χ2v) is 8.72. The Balaban J connectivity index is 1.62. The van der Waals surface area contributed by atoms with E-state index in [1.807, 2.05) is 12.1 Å². The number of carbonyl (C=O) groups is 1. The summed E-state index contributed by atoms with van der Waals surface area (Å²) in [5.41, 5.74) is 2.24. The summed E-state index contributed by atoms with van der Waals surface area (Å²) in [4.78, 5) is 16.4. The minimum atomic E-state index is -3.63. The predicted molar refractivity (Wildman–Crippen MR) is 113 cm³/mol. The van der Waals surface area contributed by atoms with Crippen molar-refractivity contribution >= 4 is 15.9 Å². The van der Waals surface area contributed by atoms with Gasteiger partial charge in [0.25, 0.3) is 5.91 Å². The number of aromatic nitrogens is 1. The van der Waals surface area contributed by atoms with Gasteiger partial charge in [-0.1, -0.05) is 12.1 Å². The van der Waals surface area contributed by atoms with Gasteiger partial charge >= 0.3 is 0 Å². The second kappa shape index (κ2) is 9.51. The van der Waals surface area contributed by atoms with Gasteiger partial charge < -0.3 is 10.1 Å². The molecule has 1 aromatic heterocycles. The Labute approximate surface area is 176 Å². The number of hydrogen-bond donors (Lipinski definition) is 1. The molecule has 0 saturated heterocycles. The van der Waals surface area contributed by atoms with E-state index in [0.29, 0.717) is 17.9 Å². The molecule has 0 aliphatic carbocycles. The van der Waals surface area contributed by atoms with E-state index in [1.54, 1.807) is 48.8 Å². The van der Waals surface area contributed by atoms with Crippen LogP contribution in [0.1, 0.15) is 21.5 Å². The van der Waals surface area contributed by atoms with Gasteiger partial charge in [-0.25, -0.2) is 8.42 Å². The molecule has 156 valence electrons. The molecule has 1 heterocycles. The molecule has 3 aromatic rings. The highest BCUT2D eigenvalue weighted by Crippen LogP contribution is 2.20. The van der Waals surface area contributed by atoms with E-state index in [4.69, 9.17) is 4.74 Å². The first-order valence-corrected chi connectivity index (χ1v) is 10.7. The van der Waals surface area contributed by atoms with Gasteiger partial charge in [0, 0.05) is 38.1 Å². The fraction of sp³-hybridized carbons (Fsp3) is 0.182. The first-order valence-electron chi connectivity index (χ1n) is 9.26. The van der Waals surface area contributed by atoms with Gasteiger partial charge in [0.05, 0.1) is 12.0 Å². The summed E-state index contributed by atoms with van der Waals surface area (Å²) in [6.45, 7) is 0.596. The van der Waals surface area contributed by atoms with Gasteiger partial charge in [0.15, 0.2) is 0 Å². The average molecular weight is 426 g/mol. The van der Waals surface area contributed by atoms with Crippen LogP contribution in [0.3, 0.4) is 0 Å². The molecule has 0 unspecified atom stereocenters. The smallest absolute Gasteiger partial charge is 0.251 e. The minimum Gasteiger partial charge on any atom is -0.497 e. The summed E-state index contributed by atoms with van der Waals surface area (Å²) in [7, 11) is -0.585. The SMILES string of the molecule is COc1ccc(S(=O)(=O)N(C)Cc2ccc(C(=O)NCc3ccncc3)cc2)cc1. The average Bonchev–Trinajstić information content (AvgIpc) is 2.78. The number of nitrogens with zero attached hydrogens (tertiary/aromatic N) is 2. The Bertz CT molecular complexity index is 1080. The number of carbonyl (C=O) groups excluding carboxylic acids is 1. The number of pyridine rings is 1. The van der Waals surface area contributed by atoms with Crippen molar-refractivity contribution in [2.45, 2.75) is 18.0 Å². The molecule has 30 heavy (non-hydrogen) atoms. The molecule has 0 fully saturated rings. The van der Waals surface area contributed by atoms with Gasteiger partial charge in [0.2, 0.25) is 10.0 Å². The molecule has 3 rings (SSSR count). The van der Waals surface area contributed by atoms with Crippen LogP contribution in [-0.4, -0.2) is 37.8 Å². The Hall–Kier alpha value is -3.23. The van der Waals surface area contributed by atoms with Crippen LogP contribution in [0.2, 0.25) is 0 Å². The number of hydrogen-bond acceptors (Lipinski definition) is 5. The first kappa shape index (κ1) is 21.5. The van der Waals surface area contributed by atoms with Gasteiger partial charge in [-0.2, -0.15) is 4.31 Å². The highest BCUT2D eigenvalue weighted by molar-refractivity contribution is 7.89. The number of benzene rings is 2. The Kier molecular flexibility index (Phi) is 6.81. The van der Waals surface area contributed by atoms with Crippen LogP contribution in [-0.2, 0) is 23.1 Å². The van der Waals surface area contributed by atoms with Crippen LogP contribution in [0.4, 0.5) is 0 Å². The normalized spacial score (nSPS) is 11.3. The van der Waals surface area contributed by atoms with E-state index >= 15 is 0 Å². The Morgan fingerprint density at radius 1 is 0.967 bits per heavy atom. The third-order valence-electron chi connectivity index (χ3n) is 4.59. The van der Waals surface area contributed by atoms with Crippen LogP contribution < -0.4 is 10.1 Å². The van der Waals surface area contributed by atoms with E-state index in [1.165, 1.54) is 30.6 Å². The molecule has 7 nitrogen and oxygen atoms in total. The summed E-state index contributed by atoms with van der Waals surface area (Å²) in [5.74, 6) is 0.395. The number of ether oxygens (including phenoxy) is 1. The van der Waals surface area contributed by atoms with E-state index < -0.39 is 10.0 Å². The molecule has 0 radical (unpaired) electrons. The highest BCUT2D eigenvalue weighted by atomic mass is 32.2. The predicted octanol–water partition coefficient (Wildman–Crippen LogP) is 2.84. The molecule has 1 N–H and O–H groups in total. The van der Waals surface area contributed by atoms with Crippen LogP contribution in [0.25, 0.3) is 0 Å². The lowest BCUT2D eigenvalue weighted by molar-refractivity contribution is 0.0951. The molecule has 1 amide bonds. The number of rotatable bonds is 8. The third-order valence-corrected chi connectivity index (χ3v) is 6.41. The topological polar surface area (TPSA) is 88.6 Å². The van der Waals surface area contributed by atoms with Crippen LogP contribution in [0.15, 0.2) is 78.0 Å². The lowest BCUT2D eigenvalue weighted by Crippen LogP contribution is -2.26. The van der Waals surface area contributed by atoms with E-state index in [9.17, 15) is 13.2 Å². The number of sulfonamides is 1. The summed E-state index contributed by atoms with van der Waals surface area (Å²) >= 11 is 0. The molecule has 0 spiro atoms. The van der Waals surface area contributed by atoms with Gasteiger partial charge in [-0.15, -0.1) is 0 Å². The monoisotopic (exact) mass is 425 g/mol. The minimum absolute atomic E-state index is 0.188. The summed E-state index contributed by atoms with van der Waals surface area (Å²) < 4.78 is 31.8. The molecule has 8 heteroatoms. The molecular weight excluding hydrogens is 402 g/mol. The van der Waals surface area contributed by atoms with Crippen molar-refractivity contribution in [1.82, 2.24) is 14.6 Å². The number of methoxy groups -OCH3 is 1. The van der Waals surface area contributed by atoms with Crippen LogP contribution in [0.5, 0.6) is 5.75 Å². The summed E-state index contributed by atoms with van der Waals surface area (Å²) in [5, 5.41) is 2.85. The second-order valence-electron chi connectivity index (χ2n) is 6.67. The maximum absolute atomic E-state index is 12.7. The van der Waals surface area contributed by atoms with E-state index in [2.05, 4.69) is 10.3 Å². The van der Waals surface area contributed by atoms with Crippen molar-refractivity contribution in [3.8, 4) is 5.75 Å². The quantitative estimate of drug-likeness (QED) is 0.600. The maximum atomic E-state index is 12.7. The van der Waals surface area contributed by atoms with E-state index in [0.717, 1.165) is 11.1 Å². The zero-order valence-electron chi connectivity index (χ0n) is 16.8. The zero-order chi connectivity index (χ0) is 21.6. The van der Waals surface area contributed by atoms with Gasteiger partial charge in [0.1, 0.15) is 5.75 Å². The molecule has 0 saturated carbocycles. The Morgan fingerprint density at radius 3 is 2.20 bits per heavy atom. The fourth-order valence-corrected chi connectivity index (χ4v) is 3.98. The Morgan fingerprint density at radius 2 is 1.60 bits per heavy atom. The van der Waals surface area contributed by atoms with Gasteiger partial charge in [-0.05, 0) is 59.7 Å². The zero-order valence-corrected chi connectivity index (χ0v) is 17.6. The lowest BCUT2D eigenvalue weighted by Gasteiger charge is -2.17. The molecule has 2 aromatic carbocycles. The number of nitrogens with one attached hydrogen (secondary N) is 1. The van der Waals surface area contributed by atoms with Gasteiger partial charge in [-0.3, -0.25) is 9.78 Å². The molecule has 0 atom stereocenters. The molecule has 0 bridgehead atoms. The summed E-state index contributed by atoms with van der Waals surface area (Å²) in [6, 6.07) is 16.8.